The van der Waals surface area contributed by atoms with Crippen LogP contribution in [0.5, 0.6) is 5.75 Å². The Hall–Kier alpha value is -1.26. The molecule has 1 rings (SSSR count). The molecule has 0 heterocycles. The van der Waals surface area contributed by atoms with Crippen LogP contribution in [0, 0.1) is 0 Å². The van der Waals surface area contributed by atoms with Crippen LogP contribution >= 0.6 is 11.6 Å². The smallest absolute Gasteiger partial charge is 0.263 e. The number of benzene rings is 1. The second-order valence-corrected chi connectivity index (χ2v) is 4.62. The number of hydrogen-bond donors (Lipinski definition) is 1. The topological polar surface area (TPSA) is 49.8 Å². The predicted molar refractivity (Wildman–Crippen MR) is 75.4 cm³/mol. The lowest BCUT2D eigenvalue weighted by molar-refractivity contribution is -0.137. The Morgan fingerprint density at radius 1 is 1.42 bits per heavy atom. The highest BCUT2D eigenvalue weighted by Gasteiger charge is 2.20. The van der Waals surface area contributed by atoms with E-state index in [-0.39, 0.29) is 12.5 Å². The van der Waals surface area contributed by atoms with Crippen molar-refractivity contribution in [3.63, 3.8) is 0 Å². The highest BCUT2D eigenvalue weighted by molar-refractivity contribution is 6.30. The minimum atomic E-state index is -0.591. The number of carbonyl (C=O) groups excluding carboxylic acids is 1. The average molecular weight is 286 g/mol. The van der Waals surface area contributed by atoms with Crippen LogP contribution in [0.2, 0.25) is 5.02 Å². The van der Waals surface area contributed by atoms with Crippen molar-refractivity contribution in [2.45, 2.75) is 33.5 Å². The van der Waals surface area contributed by atoms with Gasteiger partial charge < -0.3 is 14.7 Å². The van der Waals surface area contributed by atoms with Crippen LogP contribution in [0.25, 0.3) is 0 Å². The normalized spacial score (nSPS) is 12.1. The molecule has 1 atom stereocenters. The Labute approximate surface area is 118 Å². The van der Waals surface area contributed by atoms with E-state index in [9.17, 15) is 9.90 Å². The number of aliphatic hydroxyl groups excluding tert-OH is 1. The van der Waals surface area contributed by atoms with E-state index in [2.05, 4.69) is 0 Å². The van der Waals surface area contributed by atoms with E-state index >= 15 is 0 Å². The molecule has 1 aromatic rings. The summed E-state index contributed by atoms with van der Waals surface area (Å²) in [5.74, 6) is 0.420. The molecule has 0 saturated carbocycles. The van der Waals surface area contributed by atoms with Crippen molar-refractivity contribution in [1.82, 2.24) is 4.90 Å². The molecule has 1 unspecified atom stereocenters. The van der Waals surface area contributed by atoms with Crippen LogP contribution in [0.1, 0.15) is 26.3 Å². The third-order valence-electron chi connectivity index (χ3n) is 2.92. The molecule has 0 aromatic heterocycles. The summed E-state index contributed by atoms with van der Waals surface area (Å²) in [7, 11) is 0. The molecular weight excluding hydrogens is 266 g/mol. The molecule has 0 fully saturated rings. The molecule has 0 spiro atoms. The summed E-state index contributed by atoms with van der Waals surface area (Å²) in [5.41, 5.74) is 0.576. The van der Waals surface area contributed by atoms with Gasteiger partial charge in [-0.05, 0) is 39.0 Å². The van der Waals surface area contributed by atoms with Gasteiger partial charge in [-0.15, -0.1) is 0 Å². The van der Waals surface area contributed by atoms with E-state index < -0.39 is 6.10 Å². The van der Waals surface area contributed by atoms with E-state index in [1.54, 1.807) is 30.0 Å². The lowest BCUT2D eigenvalue weighted by atomic mass is 10.2. The number of likely N-dealkylation sites (N-methyl/N-ethyl adjacent to an activating group) is 1. The van der Waals surface area contributed by atoms with Gasteiger partial charge >= 0.3 is 0 Å². The van der Waals surface area contributed by atoms with Gasteiger partial charge in [0.25, 0.3) is 5.91 Å². The number of ether oxygens (including phenoxy) is 1. The highest BCUT2D eigenvalue weighted by Crippen LogP contribution is 2.24. The van der Waals surface area contributed by atoms with Gasteiger partial charge in [0.1, 0.15) is 5.75 Å². The predicted octanol–water partition coefficient (Wildman–Crippen LogP) is 2.47. The Morgan fingerprint density at radius 2 is 2.05 bits per heavy atom. The van der Waals surface area contributed by atoms with Crippen molar-refractivity contribution in [1.29, 1.82) is 0 Å². The summed E-state index contributed by atoms with van der Waals surface area (Å²) in [6.45, 7) is 6.68. The zero-order valence-corrected chi connectivity index (χ0v) is 12.3. The molecule has 0 aliphatic carbocycles. The first-order chi connectivity index (χ1) is 9.03. The third-order valence-corrected chi connectivity index (χ3v) is 3.15. The van der Waals surface area contributed by atoms with Crippen molar-refractivity contribution in [2.24, 2.45) is 0 Å². The van der Waals surface area contributed by atoms with Crippen molar-refractivity contribution < 1.29 is 14.6 Å². The van der Waals surface area contributed by atoms with Gasteiger partial charge in [0.05, 0.1) is 6.61 Å². The second-order valence-electron chi connectivity index (χ2n) is 4.18. The van der Waals surface area contributed by atoms with Crippen LogP contribution in [0.4, 0.5) is 0 Å². The minimum absolute atomic E-state index is 0.0659. The molecule has 0 saturated heterocycles. The number of rotatable bonds is 6. The molecule has 0 radical (unpaired) electrons. The van der Waals surface area contributed by atoms with Crippen molar-refractivity contribution in [2.75, 3.05) is 13.1 Å². The second kappa shape index (κ2) is 7.36. The van der Waals surface area contributed by atoms with Crippen molar-refractivity contribution in [3.8, 4) is 5.75 Å². The third kappa shape index (κ3) is 4.11. The Morgan fingerprint density at radius 3 is 2.58 bits per heavy atom. The Balaban J connectivity index is 2.81. The lowest BCUT2D eigenvalue weighted by Gasteiger charge is -2.24. The van der Waals surface area contributed by atoms with Crippen LogP contribution < -0.4 is 4.74 Å². The number of hydrogen-bond acceptors (Lipinski definition) is 3. The van der Waals surface area contributed by atoms with E-state index in [1.807, 2.05) is 13.8 Å². The van der Waals surface area contributed by atoms with Crippen molar-refractivity contribution >= 4 is 17.5 Å². The van der Waals surface area contributed by atoms with Crippen LogP contribution in [0.3, 0.4) is 0 Å². The number of aliphatic hydroxyl groups is 1. The summed E-state index contributed by atoms with van der Waals surface area (Å²) >= 11 is 5.85. The van der Waals surface area contributed by atoms with Gasteiger partial charge in [0.15, 0.2) is 6.10 Å². The quantitative estimate of drug-likeness (QED) is 0.873. The first-order valence-electron chi connectivity index (χ1n) is 6.38. The van der Waals surface area contributed by atoms with Gasteiger partial charge in [-0.2, -0.15) is 0 Å². The van der Waals surface area contributed by atoms with E-state index in [0.29, 0.717) is 29.4 Å². The molecule has 0 aliphatic rings. The van der Waals surface area contributed by atoms with Gasteiger partial charge in [0, 0.05) is 23.7 Å². The zero-order chi connectivity index (χ0) is 14.4. The molecule has 19 heavy (non-hydrogen) atoms. The molecule has 4 nitrogen and oxygen atoms in total. The first kappa shape index (κ1) is 15.8. The van der Waals surface area contributed by atoms with Gasteiger partial charge in [-0.25, -0.2) is 0 Å². The monoisotopic (exact) mass is 285 g/mol. The molecule has 0 bridgehead atoms. The Bertz CT molecular complexity index is 433. The van der Waals surface area contributed by atoms with Crippen molar-refractivity contribution in [3.05, 3.63) is 28.8 Å². The fourth-order valence-electron chi connectivity index (χ4n) is 1.82. The fraction of sp³-hybridized carbons (Fsp3) is 0.500. The standard InChI is InChI=1S/C14H20ClNO3/c1-4-16(5-2)14(18)10(3)19-13-7-6-12(15)8-11(13)9-17/h6-8,10,17H,4-5,9H2,1-3H3. The number of nitrogens with zero attached hydrogens (tertiary/aromatic N) is 1. The van der Waals surface area contributed by atoms with Crippen LogP contribution in [0.15, 0.2) is 18.2 Å². The molecular formula is C14H20ClNO3. The van der Waals surface area contributed by atoms with Gasteiger partial charge in [0.2, 0.25) is 0 Å². The molecule has 5 heteroatoms. The number of carbonyl (C=O) groups is 1. The van der Waals surface area contributed by atoms with Gasteiger partial charge in [-0.3, -0.25) is 4.79 Å². The van der Waals surface area contributed by atoms with E-state index in [1.165, 1.54) is 0 Å². The zero-order valence-electron chi connectivity index (χ0n) is 11.5. The molecule has 106 valence electrons. The summed E-state index contributed by atoms with van der Waals surface area (Å²) in [6.07, 6.45) is -0.591. The summed E-state index contributed by atoms with van der Waals surface area (Å²) < 4.78 is 5.63. The SMILES string of the molecule is CCN(CC)C(=O)C(C)Oc1ccc(Cl)cc1CO. The molecule has 1 aromatic carbocycles. The molecule has 1 N–H and O–H groups in total. The Kier molecular flexibility index (Phi) is 6.12. The van der Waals surface area contributed by atoms with Gasteiger partial charge in [-0.1, -0.05) is 11.6 Å². The maximum absolute atomic E-state index is 12.1. The minimum Gasteiger partial charge on any atom is -0.481 e. The number of amides is 1. The fourth-order valence-corrected chi connectivity index (χ4v) is 2.01. The molecule has 0 aliphatic heterocycles. The summed E-state index contributed by atoms with van der Waals surface area (Å²) in [6, 6.07) is 4.97. The number of halogens is 1. The van der Waals surface area contributed by atoms with E-state index in [0.717, 1.165) is 0 Å². The average Bonchev–Trinajstić information content (AvgIpc) is 2.41. The van der Waals surface area contributed by atoms with Crippen LogP contribution in [-0.2, 0) is 11.4 Å². The maximum Gasteiger partial charge on any atom is 0.263 e. The highest BCUT2D eigenvalue weighted by atomic mass is 35.5. The van der Waals surface area contributed by atoms with Crippen LogP contribution in [-0.4, -0.2) is 35.1 Å². The summed E-state index contributed by atoms with van der Waals surface area (Å²) in [4.78, 5) is 13.8. The maximum atomic E-state index is 12.1. The summed E-state index contributed by atoms with van der Waals surface area (Å²) in [5, 5.41) is 9.79. The van der Waals surface area contributed by atoms with E-state index in [4.69, 9.17) is 16.3 Å². The largest absolute Gasteiger partial charge is 0.481 e. The first-order valence-corrected chi connectivity index (χ1v) is 6.76. The molecule has 1 amide bonds. The lowest BCUT2D eigenvalue weighted by Crippen LogP contribution is -2.40.